The number of rotatable bonds is 5. The lowest BCUT2D eigenvalue weighted by molar-refractivity contribution is 0.606. The molecule has 0 amide bonds. The number of aromatic nitrogens is 3. The normalized spacial score (nSPS) is 10.5. The summed E-state index contributed by atoms with van der Waals surface area (Å²) < 4.78 is 2.28. The number of halogens is 2. The van der Waals surface area contributed by atoms with Crippen LogP contribution >= 0.6 is 24.8 Å². The molecular formula is C16H23Cl2N5. The summed E-state index contributed by atoms with van der Waals surface area (Å²) in [5.41, 5.74) is 14.6. The van der Waals surface area contributed by atoms with E-state index in [9.17, 15) is 0 Å². The van der Waals surface area contributed by atoms with Crippen LogP contribution in [0.1, 0.15) is 25.6 Å². The second-order valence-corrected chi connectivity index (χ2v) is 5.24. The van der Waals surface area contributed by atoms with Gasteiger partial charge in [-0.05, 0) is 25.5 Å². The number of hydrogen-bond acceptors (Lipinski definition) is 4. The maximum atomic E-state index is 6.11. The Hall–Kier alpha value is -1.56. The highest BCUT2D eigenvalue weighted by Crippen LogP contribution is 2.29. The molecular weight excluding hydrogens is 333 g/mol. The van der Waals surface area contributed by atoms with Gasteiger partial charge in [-0.15, -0.1) is 24.8 Å². The predicted molar refractivity (Wildman–Crippen MR) is 102 cm³/mol. The highest BCUT2D eigenvalue weighted by molar-refractivity contribution is 6.06. The van der Waals surface area contributed by atoms with E-state index >= 15 is 0 Å². The van der Waals surface area contributed by atoms with Gasteiger partial charge in [-0.2, -0.15) is 0 Å². The number of pyridine rings is 1. The molecule has 0 bridgehead atoms. The Bertz CT molecular complexity index is 785. The Morgan fingerprint density at radius 1 is 1.09 bits per heavy atom. The lowest BCUT2D eigenvalue weighted by Gasteiger charge is -2.09. The van der Waals surface area contributed by atoms with Crippen molar-refractivity contribution >= 4 is 52.6 Å². The molecule has 0 aliphatic carbocycles. The molecule has 2 heterocycles. The first-order valence-electron chi connectivity index (χ1n) is 7.49. The second-order valence-electron chi connectivity index (χ2n) is 5.24. The van der Waals surface area contributed by atoms with Crippen LogP contribution in [0.2, 0.25) is 0 Å². The molecule has 0 aliphatic rings. The number of imidazole rings is 1. The van der Waals surface area contributed by atoms with Crippen LogP contribution < -0.4 is 11.5 Å². The van der Waals surface area contributed by atoms with Crippen molar-refractivity contribution in [2.75, 3.05) is 12.3 Å². The Kier molecular flexibility index (Phi) is 7.06. The number of para-hydroxylation sites is 1. The summed E-state index contributed by atoms with van der Waals surface area (Å²) in [6, 6.07) is 8.09. The summed E-state index contributed by atoms with van der Waals surface area (Å²) in [6.45, 7) is 3.76. The zero-order valence-electron chi connectivity index (χ0n) is 13.2. The molecule has 2 aromatic heterocycles. The molecule has 4 N–H and O–H groups in total. The van der Waals surface area contributed by atoms with Crippen molar-refractivity contribution in [3.8, 4) is 0 Å². The molecule has 0 radical (unpaired) electrons. The Morgan fingerprint density at radius 3 is 2.52 bits per heavy atom. The number of unbranched alkanes of at least 4 members (excludes halogenated alkanes) is 1. The Morgan fingerprint density at radius 2 is 1.83 bits per heavy atom. The maximum Gasteiger partial charge on any atom is 0.152 e. The summed E-state index contributed by atoms with van der Waals surface area (Å²) in [7, 11) is 0. The van der Waals surface area contributed by atoms with Crippen LogP contribution in [0.15, 0.2) is 24.3 Å². The topological polar surface area (TPSA) is 82.8 Å². The molecule has 3 aromatic rings. The van der Waals surface area contributed by atoms with Crippen LogP contribution in [0.25, 0.3) is 21.9 Å². The standard InChI is InChI=1S/C16H21N5.2ClH/c1-2-13-20-14-15(21(13)10-6-5-9-17)11-7-3-4-8-12(11)19-16(14)18;;/h3-4,7-8H,2,5-6,9-10,17H2,1H3,(H2,18,19);2*1H. The average Bonchev–Trinajstić information content (AvgIpc) is 2.87. The molecule has 126 valence electrons. The number of aryl methyl sites for hydroxylation is 2. The highest BCUT2D eigenvalue weighted by Gasteiger charge is 2.15. The smallest absolute Gasteiger partial charge is 0.152 e. The van der Waals surface area contributed by atoms with Crippen LogP contribution in [0.3, 0.4) is 0 Å². The number of benzene rings is 1. The van der Waals surface area contributed by atoms with Crippen molar-refractivity contribution in [1.29, 1.82) is 0 Å². The second kappa shape index (κ2) is 8.34. The third-order valence-corrected chi connectivity index (χ3v) is 3.84. The van der Waals surface area contributed by atoms with Crippen molar-refractivity contribution in [1.82, 2.24) is 14.5 Å². The molecule has 5 nitrogen and oxygen atoms in total. The number of nitrogens with two attached hydrogens (primary N) is 2. The SMILES string of the molecule is CCc1nc2c(N)nc3ccccc3c2n1CCCCN.Cl.Cl. The molecule has 0 spiro atoms. The fourth-order valence-electron chi connectivity index (χ4n) is 2.83. The first-order valence-corrected chi connectivity index (χ1v) is 7.49. The molecule has 23 heavy (non-hydrogen) atoms. The van der Waals surface area contributed by atoms with Gasteiger partial charge < -0.3 is 16.0 Å². The molecule has 0 saturated heterocycles. The fourth-order valence-corrected chi connectivity index (χ4v) is 2.83. The van der Waals surface area contributed by atoms with Gasteiger partial charge in [-0.25, -0.2) is 9.97 Å². The van der Waals surface area contributed by atoms with E-state index in [0.717, 1.165) is 60.1 Å². The van der Waals surface area contributed by atoms with Crippen molar-refractivity contribution in [2.45, 2.75) is 32.7 Å². The zero-order valence-corrected chi connectivity index (χ0v) is 14.8. The van der Waals surface area contributed by atoms with Crippen molar-refractivity contribution in [2.24, 2.45) is 5.73 Å². The Labute approximate surface area is 148 Å². The molecule has 0 aliphatic heterocycles. The van der Waals surface area contributed by atoms with Crippen molar-refractivity contribution in [3.63, 3.8) is 0 Å². The molecule has 0 unspecified atom stereocenters. The van der Waals surface area contributed by atoms with E-state index in [-0.39, 0.29) is 24.8 Å². The molecule has 1 aromatic carbocycles. The summed E-state index contributed by atoms with van der Waals surface area (Å²) in [6.07, 6.45) is 2.94. The van der Waals surface area contributed by atoms with E-state index < -0.39 is 0 Å². The lowest BCUT2D eigenvalue weighted by atomic mass is 10.2. The molecule has 0 atom stereocenters. The third-order valence-electron chi connectivity index (χ3n) is 3.84. The number of nitrogens with zero attached hydrogens (tertiary/aromatic N) is 3. The van der Waals surface area contributed by atoms with E-state index in [1.54, 1.807) is 0 Å². The van der Waals surface area contributed by atoms with Crippen molar-refractivity contribution in [3.05, 3.63) is 30.1 Å². The van der Waals surface area contributed by atoms with Gasteiger partial charge in [0.05, 0.1) is 11.0 Å². The molecule has 3 rings (SSSR count). The number of hydrogen-bond donors (Lipinski definition) is 2. The highest BCUT2D eigenvalue weighted by atomic mass is 35.5. The van der Waals surface area contributed by atoms with Gasteiger partial charge in [0.25, 0.3) is 0 Å². The van der Waals surface area contributed by atoms with E-state index in [0.29, 0.717) is 5.82 Å². The third kappa shape index (κ3) is 3.52. The van der Waals surface area contributed by atoms with Crippen LogP contribution in [-0.2, 0) is 13.0 Å². The summed E-state index contributed by atoms with van der Waals surface area (Å²) in [5.74, 6) is 1.57. The van der Waals surface area contributed by atoms with Gasteiger partial charge in [-0.1, -0.05) is 25.1 Å². The first-order chi connectivity index (χ1) is 10.3. The van der Waals surface area contributed by atoms with E-state index in [2.05, 4.69) is 22.5 Å². The first kappa shape index (κ1) is 19.5. The summed E-state index contributed by atoms with van der Waals surface area (Å²) >= 11 is 0. The monoisotopic (exact) mass is 355 g/mol. The van der Waals surface area contributed by atoms with E-state index in [1.165, 1.54) is 0 Å². The summed E-state index contributed by atoms with van der Waals surface area (Å²) in [5, 5.41) is 1.11. The minimum atomic E-state index is 0. The lowest BCUT2D eigenvalue weighted by Crippen LogP contribution is -2.06. The van der Waals surface area contributed by atoms with Gasteiger partial charge in [0.2, 0.25) is 0 Å². The van der Waals surface area contributed by atoms with E-state index in [1.807, 2.05) is 18.2 Å². The molecule has 0 fully saturated rings. The average molecular weight is 356 g/mol. The fraction of sp³-hybridized carbons (Fsp3) is 0.375. The minimum absolute atomic E-state index is 0. The predicted octanol–water partition coefficient (Wildman–Crippen LogP) is 3.31. The van der Waals surface area contributed by atoms with Crippen LogP contribution in [0.5, 0.6) is 0 Å². The van der Waals surface area contributed by atoms with Crippen LogP contribution in [0, 0.1) is 0 Å². The number of fused-ring (bicyclic) bond motifs is 3. The largest absolute Gasteiger partial charge is 0.382 e. The number of nitrogen functional groups attached to an aromatic ring is 1. The van der Waals surface area contributed by atoms with Gasteiger partial charge in [0, 0.05) is 18.4 Å². The Balaban J connectivity index is 0.00000132. The van der Waals surface area contributed by atoms with Gasteiger partial charge in [-0.3, -0.25) is 0 Å². The molecule has 7 heteroatoms. The van der Waals surface area contributed by atoms with Crippen LogP contribution in [-0.4, -0.2) is 21.1 Å². The summed E-state index contributed by atoms with van der Waals surface area (Å²) in [4.78, 5) is 9.17. The van der Waals surface area contributed by atoms with E-state index in [4.69, 9.17) is 16.5 Å². The quantitative estimate of drug-likeness (QED) is 0.687. The molecule has 0 saturated carbocycles. The minimum Gasteiger partial charge on any atom is -0.382 e. The van der Waals surface area contributed by atoms with Gasteiger partial charge in [0.1, 0.15) is 11.3 Å². The van der Waals surface area contributed by atoms with Crippen molar-refractivity contribution < 1.29 is 0 Å². The number of anilines is 1. The zero-order chi connectivity index (χ0) is 14.8. The maximum absolute atomic E-state index is 6.11. The van der Waals surface area contributed by atoms with Gasteiger partial charge >= 0.3 is 0 Å². The van der Waals surface area contributed by atoms with Crippen LogP contribution in [0.4, 0.5) is 5.82 Å². The van der Waals surface area contributed by atoms with Gasteiger partial charge in [0.15, 0.2) is 5.82 Å².